The average Bonchev–Trinajstić information content (AvgIpc) is 2.92. The van der Waals surface area contributed by atoms with Crippen LogP contribution in [0.5, 0.6) is 0 Å². The molecule has 16 heavy (non-hydrogen) atoms. The van der Waals surface area contributed by atoms with Crippen molar-refractivity contribution < 1.29 is 4.79 Å². The lowest BCUT2D eigenvalue weighted by Gasteiger charge is -2.10. The van der Waals surface area contributed by atoms with E-state index in [0.29, 0.717) is 11.8 Å². The Bertz CT molecular complexity index is 473. The quantitative estimate of drug-likeness (QED) is 0.749. The van der Waals surface area contributed by atoms with Crippen molar-refractivity contribution in [1.82, 2.24) is 0 Å². The van der Waals surface area contributed by atoms with Gasteiger partial charge in [0.2, 0.25) is 0 Å². The minimum atomic E-state index is 0.0445. The van der Waals surface area contributed by atoms with E-state index < -0.39 is 0 Å². The second-order valence-corrected chi connectivity index (χ2v) is 4.33. The molecule has 0 aliphatic heterocycles. The van der Waals surface area contributed by atoms with Gasteiger partial charge >= 0.3 is 0 Å². The number of hydrogen-bond acceptors (Lipinski definition) is 1. The lowest BCUT2D eigenvalue weighted by molar-refractivity contribution is -0.113. The van der Waals surface area contributed by atoms with Crippen LogP contribution in [-0.2, 0) is 4.79 Å². The van der Waals surface area contributed by atoms with Gasteiger partial charge in [0.05, 0.1) is 0 Å². The molecule has 2 unspecified atom stereocenters. The van der Waals surface area contributed by atoms with Gasteiger partial charge in [0.1, 0.15) is 0 Å². The van der Waals surface area contributed by atoms with Crippen molar-refractivity contribution in [1.29, 1.82) is 0 Å². The van der Waals surface area contributed by atoms with Gasteiger partial charge in [-0.2, -0.15) is 0 Å². The van der Waals surface area contributed by atoms with E-state index in [2.05, 4.69) is 23.5 Å². The second kappa shape index (κ2) is 3.63. The van der Waals surface area contributed by atoms with Crippen molar-refractivity contribution in [2.45, 2.75) is 6.42 Å². The molecular formula is C14H13NO. The highest BCUT2D eigenvalue weighted by Gasteiger charge is 2.31. The van der Waals surface area contributed by atoms with Crippen LogP contribution in [0, 0.1) is 11.8 Å². The van der Waals surface area contributed by atoms with Crippen molar-refractivity contribution in [3.63, 3.8) is 0 Å². The van der Waals surface area contributed by atoms with E-state index in [0.717, 1.165) is 17.7 Å². The van der Waals surface area contributed by atoms with E-state index in [1.165, 1.54) is 0 Å². The fourth-order valence-electron chi connectivity index (χ4n) is 2.40. The number of hydrogen-bond donors (Lipinski definition) is 1. The van der Waals surface area contributed by atoms with Gasteiger partial charge in [0.25, 0.3) is 5.91 Å². The van der Waals surface area contributed by atoms with Crippen molar-refractivity contribution in [3.8, 4) is 0 Å². The first-order valence-electron chi connectivity index (χ1n) is 5.59. The van der Waals surface area contributed by atoms with E-state index in [9.17, 15) is 4.79 Å². The number of benzene rings is 1. The molecule has 1 aromatic carbocycles. The van der Waals surface area contributed by atoms with Gasteiger partial charge in [-0.25, -0.2) is 0 Å². The highest BCUT2D eigenvalue weighted by molar-refractivity contribution is 6.04. The molecule has 2 aliphatic rings. The fraction of sp³-hybridized carbons (Fsp3) is 0.214. The van der Waals surface area contributed by atoms with E-state index in [4.69, 9.17) is 0 Å². The number of amides is 1. The van der Waals surface area contributed by atoms with Gasteiger partial charge in [-0.05, 0) is 24.5 Å². The van der Waals surface area contributed by atoms with Crippen molar-refractivity contribution in [2.24, 2.45) is 11.8 Å². The third kappa shape index (κ3) is 1.56. The zero-order valence-corrected chi connectivity index (χ0v) is 8.89. The lowest BCUT2D eigenvalue weighted by atomic mass is 10.0. The number of rotatable bonds is 2. The molecule has 1 amide bonds. The SMILES string of the molecule is O=C(Nc1ccccc1)C1=CC2C=CC1C2. The first-order valence-corrected chi connectivity index (χ1v) is 5.59. The van der Waals surface area contributed by atoms with Gasteiger partial charge in [-0.3, -0.25) is 4.79 Å². The molecule has 0 spiro atoms. The van der Waals surface area contributed by atoms with Crippen LogP contribution in [0.15, 0.2) is 54.1 Å². The van der Waals surface area contributed by atoms with Gasteiger partial charge in [0.15, 0.2) is 0 Å². The molecule has 2 bridgehead atoms. The zero-order chi connectivity index (χ0) is 11.0. The molecule has 80 valence electrons. The molecule has 0 heterocycles. The topological polar surface area (TPSA) is 29.1 Å². The molecular weight excluding hydrogens is 198 g/mol. The van der Waals surface area contributed by atoms with Crippen LogP contribution in [0.1, 0.15) is 6.42 Å². The molecule has 0 aromatic heterocycles. The summed E-state index contributed by atoms with van der Waals surface area (Å²) in [6.07, 6.45) is 7.50. The van der Waals surface area contributed by atoms with Crippen molar-refractivity contribution >= 4 is 11.6 Å². The van der Waals surface area contributed by atoms with Crippen LogP contribution in [0.3, 0.4) is 0 Å². The minimum Gasteiger partial charge on any atom is -0.322 e. The Hall–Kier alpha value is -1.83. The number of para-hydroxylation sites is 1. The largest absolute Gasteiger partial charge is 0.322 e. The van der Waals surface area contributed by atoms with E-state index in [-0.39, 0.29) is 5.91 Å². The molecule has 2 atom stereocenters. The highest BCUT2D eigenvalue weighted by atomic mass is 16.1. The molecule has 2 heteroatoms. The normalized spacial score (nSPS) is 25.6. The number of carbonyl (C=O) groups excluding carboxylic acids is 1. The number of fused-ring (bicyclic) bond motifs is 2. The van der Waals surface area contributed by atoms with E-state index >= 15 is 0 Å². The maximum atomic E-state index is 12.0. The van der Waals surface area contributed by atoms with Crippen LogP contribution in [0.25, 0.3) is 0 Å². The minimum absolute atomic E-state index is 0.0445. The number of carbonyl (C=O) groups is 1. The average molecular weight is 211 g/mol. The molecule has 0 saturated heterocycles. The summed E-state index contributed by atoms with van der Waals surface area (Å²) in [6, 6.07) is 9.59. The number of nitrogens with one attached hydrogen (secondary N) is 1. The summed E-state index contributed by atoms with van der Waals surface area (Å²) in [5.74, 6) is 0.873. The first-order chi connectivity index (χ1) is 7.83. The van der Waals surface area contributed by atoms with Crippen LogP contribution < -0.4 is 5.32 Å². The summed E-state index contributed by atoms with van der Waals surface area (Å²) < 4.78 is 0. The van der Waals surface area contributed by atoms with Crippen LogP contribution >= 0.6 is 0 Å². The number of allylic oxidation sites excluding steroid dienone is 3. The molecule has 1 aromatic rings. The molecule has 2 aliphatic carbocycles. The first kappa shape index (κ1) is 9.40. The van der Waals surface area contributed by atoms with Gasteiger partial charge in [-0.1, -0.05) is 36.4 Å². The summed E-state index contributed by atoms with van der Waals surface area (Å²) >= 11 is 0. The zero-order valence-electron chi connectivity index (χ0n) is 8.89. The molecule has 0 saturated carbocycles. The standard InChI is InChI=1S/C14H13NO/c16-14(15-12-4-2-1-3-5-12)13-9-10-6-7-11(13)8-10/h1-7,9-11H,8H2,(H,15,16). The van der Waals surface area contributed by atoms with Gasteiger partial charge in [0, 0.05) is 17.2 Å². The Labute approximate surface area is 94.7 Å². The Kier molecular flexibility index (Phi) is 2.13. The Morgan fingerprint density at radius 3 is 2.62 bits per heavy atom. The maximum absolute atomic E-state index is 12.0. The lowest BCUT2D eigenvalue weighted by Crippen LogP contribution is -2.17. The predicted molar refractivity (Wildman–Crippen MR) is 63.9 cm³/mol. The Balaban J connectivity index is 1.74. The van der Waals surface area contributed by atoms with Crippen molar-refractivity contribution in [2.75, 3.05) is 5.32 Å². The van der Waals surface area contributed by atoms with Crippen LogP contribution in [0.4, 0.5) is 5.69 Å². The molecule has 0 fully saturated rings. The maximum Gasteiger partial charge on any atom is 0.251 e. The summed E-state index contributed by atoms with van der Waals surface area (Å²) in [5, 5.41) is 2.93. The second-order valence-electron chi connectivity index (χ2n) is 4.33. The number of anilines is 1. The summed E-state index contributed by atoms with van der Waals surface area (Å²) in [6.45, 7) is 0. The smallest absolute Gasteiger partial charge is 0.251 e. The third-order valence-electron chi connectivity index (χ3n) is 3.20. The van der Waals surface area contributed by atoms with Crippen LogP contribution in [0.2, 0.25) is 0 Å². The van der Waals surface area contributed by atoms with Crippen LogP contribution in [-0.4, -0.2) is 5.91 Å². The van der Waals surface area contributed by atoms with E-state index in [1.54, 1.807) is 0 Å². The summed E-state index contributed by atoms with van der Waals surface area (Å²) in [4.78, 5) is 12.0. The highest BCUT2D eigenvalue weighted by Crippen LogP contribution is 2.38. The molecule has 3 rings (SSSR count). The van der Waals surface area contributed by atoms with Gasteiger partial charge in [-0.15, -0.1) is 0 Å². The predicted octanol–water partition coefficient (Wildman–Crippen LogP) is 2.76. The molecule has 1 N–H and O–H groups in total. The summed E-state index contributed by atoms with van der Waals surface area (Å²) in [7, 11) is 0. The summed E-state index contributed by atoms with van der Waals surface area (Å²) in [5.41, 5.74) is 1.79. The van der Waals surface area contributed by atoms with Crippen molar-refractivity contribution in [3.05, 3.63) is 54.1 Å². The Morgan fingerprint density at radius 1 is 1.19 bits per heavy atom. The van der Waals surface area contributed by atoms with Gasteiger partial charge < -0.3 is 5.32 Å². The fourth-order valence-corrected chi connectivity index (χ4v) is 2.40. The Morgan fingerprint density at radius 2 is 2.00 bits per heavy atom. The molecule has 0 radical (unpaired) electrons. The molecule has 2 nitrogen and oxygen atoms in total. The van der Waals surface area contributed by atoms with E-state index in [1.807, 2.05) is 30.3 Å². The third-order valence-corrected chi connectivity index (χ3v) is 3.20. The monoisotopic (exact) mass is 211 g/mol.